The minimum Gasteiger partial charge on any atom is -0.462 e. The molecular weight excluding hydrogens is 402 g/mol. The minimum atomic E-state index is -0.738. The maximum Gasteiger partial charge on any atom is 0.283 e. The van der Waals surface area contributed by atoms with Crippen molar-refractivity contribution in [2.24, 2.45) is 10.7 Å². The van der Waals surface area contributed by atoms with Gasteiger partial charge in [0, 0.05) is 36.2 Å². The van der Waals surface area contributed by atoms with Crippen LogP contribution in [0.25, 0.3) is 11.1 Å². The summed E-state index contributed by atoms with van der Waals surface area (Å²) < 4.78 is 17.6. The van der Waals surface area contributed by atoms with E-state index in [-0.39, 0.29) is 11.6 Å². The van der Waals surface area contributed by atoms with E-state index in [4.69, 9.17) is 24.9 Å². The molecule has 6 nitrogen and oxygen atoms in total. The van der Waals surface area contributed by atoms with Crippen molar-refractivity contribution in [1.29, 1.82) is 0 Å². The summed E-state index contributed by atoms with van der Waals surface area (Å²) >= 11 is 0. The molecule has 32 heavy (non-hydrogen) atoms. The van der Waals surface area contributed by atoms with Crippen molar-refractivity contribution in [3.63, 3.8) is 0 Å². The van der Waals surface area contributed by atoms with Crippen LogP contribution in [0, 0.1) is 0 Å². The van der Waals surface area contributed by atoms with Crippen LogP contribution in [0.5, 0.6) is 11.5 Å². The third-order valence-corrected chi connectivity index (χ3v) is 6.43. The molecular formula is C26H27N3O3. The number of aryl methyl sites for hydroxylation is 1. The monoisotopic (exact) mass is 429 g/mol. The molecule has 2 aliphatic heterocycles. The van der Waals surface area contributed by atoms with Crippen LogP contribution in [0.2, 0.25) is 0 Å². The number of nitrogens with zero attached hydrogens (tertiary/aromatic N) is 2. The van der Waals surface area contributed by atoms with Gasteiger partial charge in [0.25, 0.3) is 6.02 Å². The first-order valence-electron chi connectivity index (χ1n) is 10.8. The van der Waals surface area contributed by atoms with Crippen molar-refractivity contribution in [2.75, 3.05) is 13.7 Å². The molecule has 1 aromatic heterocycles. The fourth-order valence-corrected chi connectivity index (χ4v) is 4.32. The van der Waals surface area contributed by atoms with Gasteiger partial charge in [-0.1, -0.05) is 18.2 Å². The number of methoxy groups -OCH3 is 1. The van der Waals surface area contributed by atoms with Crippen LogP contribution in [0.1, 0.15) is 37.0 Å². The highest BCUT2D eigenvalue weighted by molar-refractivity contribution is 5.78. The molecule has 2 N–H and O–H groups in total. The predicted molar refractivity (Wildman–Crippen MR) is 124 cm³/mol. The van der Waals surface area contributed by atoms with E-state index in [2.05, 4.69) is 37.0 Å². The van der Waals surface area contributed by atoms with Gasteiger partial charge in [-0.2, -0.15) is 0 Å². The molecule has 0 unspecified atom stereocenters. The summed E-state index contributed by atoms with van der Waals surface area (Å²) in [6, 6.07) is 16.6. The number of hydrogen-bond acceptors (Lipinski definition) is 6. The Hall–Kier alpha value is -3.38. The zero-order chi connectivity index (χ0) is 22.3. The predicted octanol–water partition coefficient (Wildman–Crippen LogP) is 4.80. The summed E-state index contributed by atoms with van der Waals surface area (Å²) in [5.41, 5.74) is 10.3. The Morgan fingerprint density at radius 2 is 1.84 bits per heavy atom. The van der Waals surface area contributed by atoms with Crippen LogP contribution in [0.3, 0.4) is 0 Å². The van der Waals surface area contributed by atoms with E-state index in [1.165, 1.54) is 5.56 Å². The Labute approximate surface area is 188 Å². The number of benzene rings is 2. The van der Waals surface area contributed by atoms with Gasteiger partial charge in [-0.15, -0.1) is 0 Å². The molecule has 0 saturated heterocycles. The van der Waals surface area contributed by atoms with E-state index in [9.17, 15) is 0 Å². The normalized spacial score (nSPS) is 19.0. The van der Waals surface area contributed by atoms with Crippen LogP contribution >= 0.6 is 0 Å². The zero-order valence-electron chi connectivity index (χ0n) is 18.6. The fraction of sp³-hybridized carbons (Fsp3) is 0.308. The number of ether oxygens (including phenoxy) is 3. The third-order valence-electron chi connectivity index (χ3n) is 6.43. The standard InChI is InChI=1S/C26H27N3O3/c1-25(2,30-3)11-10-17-6-8-22-20(13-17)26(16-31-24(27)29-26)21-14-18(7-9-23(21)32-22)19-5-4-12-28-15-19/h4-9,12-15H,10-11,16H2,1-3H3,(H2,27,29)/t26-/m1/s1. The highest BCUT2D eigenvalue weighted by atomic mass is 16.5. The highest BCUT2D eigenvalue weighted by Crippen LogP contribution is 2.51. The van der Waals surface area contributed by atoms with Crippen molar-refractivity contribution in [3.8, 4) is 22.6 Å². The molecule has 3 aromatic rings. The number of aromatic nitrogens is 1. The molecule has 3 heterocycles. The molecule has 6 heteroatoms. The third kappa shape index (κ3) is 3.50. The Balaban J connectivity index is 1.60. The Kier molecular flexibility index (Phi) is 4.90. The maximum absolute atomic E-state index is 6.31. The molecule has 0 aliphatic carbocycles. The number of rotatable bonds is 5. The maximum atomic E-state index is 6.31. The van der Waals surface area contributed by atoms with Gasteiger partial charge in [0.1, 0.15) is 18.1 Å². The van der Waals surface area contributed by atoms with Gasteiger partial charge >= 0.3 is 0 Å². The second-order valence-electron chi connectivity index (χ2n) is 8.95. The number of amidine groups is 1. The van der Waals surface area contributed by atoms with Gasteiger partial charge in [0.05, 0.1) is 5.60 Å². The molecule has 0 bridgehead atoms. The van der Waals surface area contributed by atoms with E-state index in [1.54, 1.807) is 13.3 Å². The number of hydrogen-bond donors (Lipinski definition) is 1. The summed E-state index contributed by atoms with van der Waals surface area (Å²) in [5, 5.41) is 0. The van der Waals surface area contributed by atoms with Gasteiger partial charge in [0.2, 0.25) is 0 Å². The Morgan fingerprint density at radius 3 is 2.53 bits per heavy atom. The molecule has 1 spiro atoms. The second kappa shape index (κ2) is 7.64. The van der Waals surface area contributed by atoms with E-state index in [0.29, 0.717) is 6.61 Å². The van der Waals surface area contributed by atoms with Crippen LogP contribution in [0.4, 0.5) is 0 Å². The van der Waals surface area contributed by atoms with Crippen molar-refractivity contribution < 1.29 is 14.2 Å². The van der Waals surface area contributed by atoms with Crippen molar-refractivity contribution in [3.05, 3.63) is 77.6 Å². The van der Waals surface area contributed by atoms with Crippen LogP contribution in [0.15, 0.2) is 65.9 Å². The number of nitrogens with two attached hydrogens (primary N) is 1. The molecule has 2 aliphatic rings. The minimum absolute atomic E-state index is 0.186. The van der Waals surface area contributed by atoms with Crippen LogP contribution in [-0.4, -0.2) is 30.3 Å². The van der Waals surface area contributed by atoms with Crippen LogP contribution in [-0.2, 0) is 21.4 Å². The molecule has 0 radical (unpaired) electrons. The van der Waals surface area contributed by atoms with Gasteiger partial charge in [0.15, 0.2) is 5.54 Å². The lowest BCUT2D eigenvalue weighted by molar-refractivity contribution is 0.0158. The first-order chi connectivity index (χ1) is 15.4. The first-order valence-corrected chi connectivity index (χ1v) is 10.8. The molecule has 164 valence electrons. The molecule has 0 amide bonds. The highest BCUT2D eigenvalue weighted by Gasteiger charge is 2.47. The van der Waals surface area contributed by atoms with E-state index >= 15 is 0 Å². The summed E-state index contributed by atoms with van der Waals surface area (Å²) in [6.45, 7) is 4.54. The molecule has 1 atom stereocenters. The quantitative estimate of drug-likeness (QED) is 0.630. The lowest BCUT2D eigenvalue weighted by Crippen LogP contribution is -2.31. The average Bonchev–Trinajstić information content (AvgIpc) is 3.21. The molecule has 0 saturated carbocycles. The van der Waals surface area contributed by atoms with Gasteiger partial charge in [-0.25, -0.2) is 4.99 Å². The van der Waals surface area contributed by atoms with E-state index in [1.807, 2.05) is 36.5 Å². The van der Waals surface area contributed by atoms with Gasteiger partial charge in [-0.3, -0.25) is 4.98 Å². The van der Waals surface area contributed by atoms with Crippen molar-refractivity contribution >= 4 is 6.02 Å². The lowest BCUT2D eigenvalue weighted by atomic mass is 9.79. The van der Waals surface area contributed by atoms with Crippen LogP contribution < -0.4 is 10.5 Å². The molecule has 5 rings (SSSR count). The number of aliphatic imine (C=N–C) groups is 1. The lowest BCUT2D eigenvalue weighted by Gasteiger charge is -2.34. The summed E-state index contributed by atoms with van der Waals surface area (Å²) in [6.07, 6.45) is 5.40. The SMILES string of the molecule is COC(C)(C)CCc1ccc2c(c1)[C@]1(COC(N)=N1)c1cc(-c3cccnc3)ccc1O2. The van der Waals surface area contributed by atoms with Gasteiger partial charge < -0.3 is 19.9 Å². The zero-order valence-corrected chi connectivity index (χ0v) is 18.6. The summed E-state index contributed by atoms with van der Waals surface area (Å²) in [7, 11) is 1.75. The fourth-order valence-electron chi connectivity index (χ4n) is 4.32. The van der Waals surface area contributed by atoms with E-state index < -0.39 is 5.54 Å². The second-order valence-corrected chi connectivity index (χ2v) is 8.95. The largest absolute Gasteiger partial charge is 0.462 e. The smallest absolute Gasteiger partial charge is 0.283 e. The topological polar surface area (TPSA) is 79.0 Å². The van der Waals surface area contributed by atoms with E-state index in [0.717, 1.165) is 46.6 Å². The summed E-state index contributed by atoms with van der Waals surface area (Å²) in [4.78, 5) is 9.07. The van der Waals surface area contributed by atoms with Gasteiger partial charge in [-0.05, 0) is 68.1 Å². The molecule has 0 fully saturated rings. The number of fused-ring (bicyclic) bond motifs is 4. The Morgan fingerprint density at radius 1 is 1.06 bits per heavy atom. The number of pyridine rings is 1. The average molecular weight is 430 g/mol. The molecule has 2 aromatic carbocycles. The van der Waals surface area contributed by atoms with Crippen molar-refractivity contribution in [1.82, 2.24) is 4.98 Å². The first kappa shape index (κ1) is 20.5. The Bertz CT molecular complexity index is 1190. The van der Waals surface area contributed by atoms with Crippen molar-refractivity contribution in [2.45, 2.75) is 37.8 Å². The summed E-state index contributed by atoms with van der Waals surface area (Å²) in [5.74, 6) is 1.55.